The average molecular weight is 649 g/mol. The number of rotatable bonds is 14. The lowest BCUT2D eigenvalue weighted by molar-refractivity contribution is -0.0950. The molecule has 0 aliphatic carbocycles. The van der Waals surface area contributed by atoms with Crippen LogP contribution in [0, 0.1) is 0 Å². The van der Waals surface area contributed by atoms with Crippen molar-refractivity contribution in [2.24, 2.45) is 0 Å². The number of methoxy groups -OCH3 is 2. The van der Waals surface area contributed by atoms with E-state index in [4.69, 9.17) is 25.8 Å². The molecule has 1 heterocycles. The zero-order chi connectivity index (χ0) is 32.3. The number of hydrogen-bond acceptors (Lipinski definition) is 8. The first-order valence-corrected chi connectivity index (χ1v) is 16.1. The highest BCUT2D eigenvalue weighted by atomic mass is 35.5. The molecule has 3 aromatic carbocycles. The molecule has 0 fully saturated rings. The molecule has 0 radical (unpaired) electrons. The van der Waals surface area contributed by atoms with Gasteiger partial charge in [0.05, 0.1) is 17.3 Å². The molecule has 0 aliphatic rings. The largest absolute Gasteiger partial charge is 0.444 e. The van der Waals surface area contributed by atoms with Crippen molar-refractivity contribution in [1.29, 1.82) is 0 Å². The van der Waals surface area contributed by atoms with Crippen LogP contribution in [-0.4, -0.2) is 67.1 Å². The molecule has 0 bridgehead atoms. The lowest BCUT2D eigenvalue weighted by Gasteiger charge is -2.38. The van der Waals surface area contributed by atoms with E-state index < -0.39 is 28.8 Å². The summed E-state index contributed by atoms with van der Waals surface area (Å²) in [6.45, 7) is 6.23. The lowest BCUT2D eigenvalue weighted by Crippen LogP contribution is -2.49. The maximum absolute atomic E-state index is 13.3. The fraction of sp³-hybridized carbons (Fsp3) is 0.343. The average Bonchev–Trinajstić information content (AvgIpc) is 3.04. The molecule has 0 unspecified atom stereocenters. The van der Waals surface area contributed by atoms with E-state index in [1.807, 2.05) is 43.9 Å². The number of carbonyl (C=O) groups excluding carboxylic acids is 1. The standard InChI is InChI=1S/C35H41ClN4O4S/c1-34(2,3)44-33(41)38-29(23-40(24-31(42-4)43-5)30-21-22-37-32(36)39-30)25-45-35(26-15-9-6-10-16-26,27-17-11-7-12-18-27)28-19-13-8-14-20-28/h6-22,29,31H,23-25H2,1-5H3,(H,38,41)/t29-/m0/s1. The molecule has 238 valence electrons. The molecule has 0 spiro atoms. The Morgan fingerprint density at radius 2 is 1.36 bits per heavy atom. The predicted molar refractivity (Wildman–Crippen MR) is 182 cm³/mol. The minimum absolute atomic E-state index is 0.117. The summed E-state index contributed by atoms with van der Waals surface area (Å²) in [4.78, 5) is 23.7. The van der Waals surface area contributed by atoms with Crippen LogP contribution in [0.5, 0.6) is 0 Å². The van der Waals surface area contributed by atoms with E-state index in [2.05, 4.69) is 88.1 Å². The Hall–Kier alpha value is -3.63. The molecule has 0 saturated heterocycles. The number of amides is 1. The van der Waals surface area contributed by atoms with Crippen LogP contribution in [0.15, 0.2) is 103 Å². The second kappa shape index (κ2) is 16.1. The van der Waals surface area contributed by atoms with Crippen molar-refractivity contribution in [2.75, 3.05) is 38.0 Å². The first-order valence-electron chi connectivity index (χ1n) is 14.7. The number of anilines is 1. The Kier molecular flexibility index (Phi) is 12.2. The van der Waals surface area contributed by atoms with Gasteiger partial charge < -0.3 is 24.4 Å². The van der Waals surface area contributed by atoms with Gasteiger partial charge in [0.2, 0.25) is 5.28 Å². The molecule has 1 aromatic heterocycles. The fourth-order valence-corrected chi connectivity index (χ4v) is 6.75. The van der Waals surface area contributed by atoms with Gasteiger partial charge in [-0.3, -0.25) is 0 Å². The van der Waals surface area contributed by atoms with Crippen molar-refractivity contribution in [3.8, 4) is 0 Å². The van der Waals surface area contributed by atoms with Crippen molar-refractivity contribution in [1.82, 2.24) is 15.3 Å². The smallest absolute Gasteiger partial charge is 0.407 e. The fourth-order valence-electron chi connectivity index (χ4n) is 5.06. The van der Waals surface area contributed by atoms with Crippen molar-refractivity contribution >= 4 is 35.3 Å². The molecule has 4 aromatic rings. The molecule has 4 rings (SSSR count). The minimum Gasteiger partial charge on any atom is -0.444 e. The summed E-state index contributed by atoms with van der Waals surface area (Å²) in [6.07, 6.45) is 0.543. The van der Waals surface area contributed by atoms with E-state index in [1.165, 1.54) is 0 Å². The normalized spacial score (nSPS) is 12.5. The Bertz CT molecular complexity index is 1370. The van der Waals surface area contributed by atoms with Gasteiger partial charge in [-0.2, -0.15) is 0 Å². The quantitative estimate of drug-likeness (QED) is 0.0875. The van der Waals surface area contributed by atoms with E-state index in [-0.39, 0.29) is 5.28 Å². The van der Waals surface area contributed by atoms with Gasteiger partial charge in [0.15, 0.2) is 6.29 Å². The van der Waals surface area contributed by atoms with Gasteiger partial charge in [0.1, 0.15) is 11.4 Å². The predicted octanol–water partition coefficient (Wildman–Crippen LogP) is 7.17. The molecule has 10 heteroatoms. The van der Waals surface area contributed by atoms with Gasteiger partial charge in [-0.1, -0.05) is 91.0 Å². The summed E-state index contributed by atoms with van der Waals surface area (Å²) >= 11 is 7.95. The van der Waals surface area contributed by atoms with Crippen molar-refractivity contribution in [3.63, 3.8) is 0 Å². The van der Waals surface area contributed by atoms with Crippen LogP contribution in [0.2, 0.25) is 5.28 Å². The van der Waals surface area contributed by atoms with E-state index in [0.717, 1.165) is 16.7 Å². The maximum atomic E-state index is 13.3. The molecule has 8 nitrogen and oxygen atoms in total. The van der Waals surface area contributed by atoms with Crippen LogP contribution in [0.3, 0.4) is 0 Å². The van der Waals surface area contributed by atoms with Crippen LogP contribution in [0.25, 0.3) is 0 Å². The van der Waals surface area contributed by atoms with Gasteiger partial charge in [-0.25, -0.2) is 14.8 Å². The summed E-state index contributed by atoms with van der Waals surface area (Å²) in [5, 5.41) is 3.26. The van der Waals surface area contributed by atoms with E-state index in [9.17, 15) is 4.79 Å². The molecule has 45 heavy (non-hydrogen) atoms. The molecule has 1 N–H and O–H groups in total. The first-order chi connectivity index (χ1) is 21.6. The minimum atomic E-state index is -0.666. The van der Waals surface area contributed by atoms with Gasteiger partial charge in [-0.05, 0) is 55.1 Å². The van der Waals surface area contributed by atoms with Crippen LogP contribution < -0.4 is 10.2 Å². The summed E-state index contributed by atoms with van der Waals surface area (Å²) < 4.78 is 16.2. The summed E-state index contributed by atoms with van der Waals surface area (Å²) in [6, 6.07) is 32.7. The van der Waals surface area contributed by atoms with Crippen LogP contribution in [0.1, 0.15) is 37.5 Å². The highest BCUT2D eigenvalue weighted by Crippen LogP contribution is 2.48. The lowest BCUT2D eigenvalue weighted by atomic mass is 9.84. The number of halogens is 1. The third kappa shape index (κ3) is 9.43. The number of aromatic nitrogens is 2. The monoisotopic (exact) mass is 648 g/mol. The number of thioether (sulfide) groups is 1. The Morgan fingerprint density at radius 3 is 1.80 bits per heavy atom. The number of carbonyl (C=O) groups is 1. The summed E-state index contributed by atoms with van der Waals surface area (Å²) in [7, 11) is 3.17. The van der Waals surface area contributed by atoms with E-state index >= 15 is 0 Å². The zero-order valence-electron chi connectivity index (χ0n) is 26.4. The first kappa shape index (κ1) is 34.2. The third-order valence-electron chi connectivity index (χ3n) is 7.03. The van der Waals surface area contributed by atoms with Crippen molar-refractivity contribution in [2.45, 2.75) is 43.5 Å². The van der Waals surface area contributed by atoms with Crippen LogP contribution in [0.4, 0.5) is 10.6 Å². The summed E-state index contributed by atoms with van der Waals surface area (Å²) in [5.41, 5.74) is 2.71. The van der Waals surface area contributed by atoms with Crippen molar-refractivity contribution < 1.29 is 19.0 Å². The van der Waals surface area contributed by atoms with Crippen LogP contribution in [-0.2, 0) is 19.0 Å². The number of hydrogen-bond donors (Lipinski definition) is 1. The number of nitrogens with one attached hydrogen (secondary N) is 1. The van der Waals surface area contributed by atoms with Gasteiger partial charge >= 0.3 is 6.09 Å². The van der Waals surface area contributed by atoms with Gasteiger partial charge in [-0.15, -0.1) is 11.8 Å². The maximum Gasteiger partial charge on any atom is 0.407 e. The van der Waals surface area contributed by atoms with Gasteiger partial charge in [0.25, 0.3) is 0 Å². The highest BCUT2D eigenvalue weighted by Gasteiger charge is 2.38. The SMILES string of the molecule is COC(CN(C[C@@H](CSC(c1ccccc1)(c1ccccc1)c1ccccc1)NC(=O)OC(C)(C)C)c1ccnc(Cl)n1)OC. The second-order valence-corrected chi connectivity index (χ2v) is 13.0. The molecule has 0 saturated carbocycles. The van der Waals surface area contributed by atoms with Crippen LogP contribution >= 0.6 is 23.4 Å². The van der Waals surface area contributed by atoms with Crippen molar-refractivity contribution in [3.05, 3.63) is 125 Å². The second-order valence-electron chi connectivity index (χ2n) is 11.4. The number of ether oxygens (including phenoxy) is 3. The topological polar surface area (TPSA) is 85.8 Å². The highest BCUT2D eigenvalue weighted by molar-refractivity contribution is 8.00. The Morgan fingerprint density at radius 1 is 0.844 bits per heavy atom. The molecule has 1 atom stereocenters. The number of nitrogens with zero attached hydrogens (tertiary/aromatic N) is 3. The molecule has 1 amide bonds. The van der Waals surface area contributed by atoms with Gasteiger partial charge in [0, 0.05) is 32.7 Å². The van der Waals surface area contributed by atoms with E-state index in [0.29, 0.717) is 24.7 Å². The Balaban J connectivity index is 1.77. The molecule has 0 aliphatic heterocycles. The number of benzene rings is 3. The zero-order valence-corrected chi connectivity index (χ0v) is 27.9. The Labute approximate surface area is 275 Å². The summed E-state index contributed by atoms with van der Waals surface area (Å²) in [5.74, 6) is 1.09. The molecular formula is C35H41ClN4O4S. The number of alkyl carbamates (subject to hydrolysis) is 1. The third-order valence-corrected chi connectivity index (χ3v) is 8.93. The van der Waals surface area contributed by atoms with E-state index in [1.54, 1.807) is 38.2 Å². The molecular weight excluding hydrogens is 608 g/mol.